The van der Waals surface area contributed by atoms with Crippen molar-refractivity contribution >= 4 is 22.8 Å². The molecule has 0 radical (unpaired) electrons. The number of anilines is 1. The molecule has 2 rings (SSSR count). The Bertz CT molecular complexity index is 951. The molecule has 0 saturated heterocycles. The summed E-state index contributed by atoms with van der Waals surface area (Å²) in [5.41, 5.74) is 1.89. The van der Waals surface area contributed by atoms with E-state index in [0.717, 1.165) is 30.3 Å². The molecular formula is C25H47N5O3. The third-order valence-corrected chi connectivity index (χ3v) is 5.40. The molecule has 0 bridgehead atoms. The highest BCUT2D eigenvalue weighted by Gasteiger charge is 2.15. The number of ether oxygens (including phenoxy) is 2. The van der Waals surface area contributed by atoms with Crippen LogP contribution in [0.2, 0.25) is 0 Å². The van der Waals surface area contributed by atoms with Crippen LogP contribution in [0.15, 0.2) is 12.1 Å². The van der Waals surface area contributed by atoms with Crippen LogP contribution >= 0.6 is 0 Å². The maximum Gasteiger partial charge on any atom is 0.220 e. The minimum atomic E-state index is 0. The average Bonchev–Trinajstić information content (AvgIpc) is 2.81. The topological polar surface area (TPSA) is 101 Å². The summed E-state index contributed by atoms with van der Waals surface area (Å²) in [5, 5.41) is 14.9. The second kappa shape index (κ2) is 14.4. The molecule has 1 amide bonds. The van der Waals surface area contributed by atoms with Gasteiger partial charge < -0.3 is 24.7 Å². The lowest BCUT2D eigenvalue weighted by Crippen LogP contribution is -2.28. The molecule has 1 unspecified atom stereocenters. The summed E-state index contributed by atoms with van der Waals surface area (Å²) in [6.45, 7) is 13.6. The van der Waals surface area contributed by atoms with Crippen molar-refractivity contribution in [3.63, 3.8) is 0 Å². The number of fused-ring (bicyclic) bond motifs is 1. The number of benzene rings is 1. The summed E-state index contributed by atoms with van der Waals surface area (Å²) in [4.78, 5) is 16.5. The number of rotatable bonds is 12. The molecule has 3 N–H and O–H groups in total. The Balaban J connectivity index is 0. The molecule has 0 aliphatic rings. The summed E-state index contributed by atoms with van der Waals surface area (Å²) in [6, 6.07) is 3.78. The zero-order chi connectivity index (χ0) is 25.0. The molecule has 0 spiro atoms. The van der Waals surface area contributed by atoms with Gasteiger partial charge in [-0.1, -0.05) is 34.1 Å². The van der Waals surface area contributed by atoms with E-state index in [1.807, 2.05) is 44.4 Å². The van der Waals surface area contributed by atoms with Crippen molar-refractivity contribution in [2.75, 3.05) is 32.6 Å². The van der Waals surface area contributed by atoms with Crippen LogP contribution in [0, 0.1) is 11.3 Å². The van der Waals surface area contributed by atoms with Crippen LogP contribution in [0.25, 0.3) is 11.0 Å². The second-order valence-electron chi connectivity index (χ2n) is 8.17. The lowest BCUT2D eigenvalue weighted by atomic mass is 10.1. The first kappa shape index (κ1) is 28.3. The molecule has 33 heavy (non-hydrogen) atoms. The van der Waals surface area contributed by atoms with Crippen LogP contribution in [0.1, 0.15) is 76.1 Å². The maximum absolute atomic E-state index is 11.9. The predicted octanol–water partition coefficient (Wildman–Crippen LogP) is 5.38. The molecule has 0 saturated carbocycles. The number of carbonyl (C=O) groups is 1. The van der Waals surface area contributed by atoms with Crippen LogP contribution in [0.4, 0.5) is 5.82 Å². The smallest absolute Gasteiger partial charge is 0.220 e. The number of carbonyl (C=O) groups excluding carboxylic acids is 1. The zero-order valence-corrected chi connectivity index (χ0v) is 21.7. The molecule has 1 atom stereocenters. The van der Waals surface area contributed by atoms with Gasteiger partial charge in [-0.2, -0.15) is 0 Å². The van der Waals surface area contributed by atoms with Gasteiger partial charge in [0.2, 0.25) is 5.91 Å². The normalized spacial score (nSPS) is 11.5. The lowest BCUT2D eigenvalue weighted by molar-refractivity contribution is -0.121. The molecule has 0 aliphatic carbocycles. The first-order valence-corrected chi connectivity index (χ1v) is 12.1. The first-order valence-electron chi connectivity index (χ1n) is 12.1. The van der Waals surface area contributed by atoms with E-state index in [2.05, 4.69) is 29.5 Å². The van der Waals surface area contributed by atoms with Gasteiger partial charge in [-0.3, -0.25) is 10.2 Å². The molecule has 190 valence electrons. The average molecular weight is 466 g/mol. The fourth-order valence-corrected chi connectivity index (χ4v) is 3.43. The molecule has 1 heterocycles. The number of nitrogens with zero attached hydrogens (tertiary/aromatic N) is 2. The van der Waals surface area contributed by atoms with Crippen molar-refractivity contribution < 1.29 is 17.1 Å². The van der Waals surface area contributed by atoms with Crippen molar-refractivity contribution in [2.24, 2.45) is 5.92 Å². The molecule has 8 nitrogen and oxygen atoms in total. The van der Waals surface area contributed by atoms with Gasteiger partial charge >= 0.3 is 0 Å². The van der Waals surface area contributed by atoms with Crippen molar-refractivity contribution in [1.82, 2.24) is 14.9 Å². The lowest BCUT2D eigenvalue weighted by Gasteiger charge is -2.19. The highest BCUT2D eigenvalue weighted by atomic mass is 16.5. The highest BCUT2D eigenvalue weighted by Crippen LogP contribution is 2.32. The number of amides is 1. The van der Waals surface area contributed by atoms with Crippen molar-refractivity contribution in [3.8, 4) is 11.5 Å². The standard InChI is InChI=1S/C23H37N5O3.C2H6.2H2/c1-7-16(4)12-21(29)25-10-8-9-11-26-23-22(24)28(15(2)3)18-14-20(31-6)19(30-5)13-17(18)27-23;1-2;;/h13-16,24H,7-12H2,1-6H3,(H,25,29)(H,26,27);1-2H3;2*1H. The van der Waals surface area contributed by atoms with Gasteiger partial charge in [0.05, 0.1) is 25.3 Å². The zero-order valence-electron chi connectivity index (χ0n) is 21.7. The van der Waals surface area contributed by atoms with E-state index < -0.39 is 0 Å². The molecule has 8 heteroatoms. The van der Waals surface area contributed by atoms with Crippen molar-refractivity contribution in [2.45, 2.75) is 73.3 Å². The molecule has 2 aromatic rings. The van der Waals surface area contributed by atoms with Gasteiger partial charge in [0.1, 0.15) is 0 Å². The summed E-state index contributed by atoms with van der Waals surface area (Å²) < 4.78 is 12.8. The van der Waals surface area contributed by atoms with Crippen LogP contribution < -0.4 is 25.6 Å². The number of methoxy groups -OCH3 is 2. The summed E-state index contributed by atoms with van der Waals surface area (Å²) in [7, 11) is 3.20. The number of unbranched alkanes of at least 4 members (excludes halogenated alkanes) is 1. The first-order chi connectivity index (χ1) is 15.8. The Morgan fingerprint density at radius 2 is 1.73 bits per heavy atom. The van der Waals surface area contributed by atoms with Crippen LogP contribution in [0.3, 0.4) is 0 Å². The van der Waals surface area contributed by atoms with Crippen molar-refractivity contribution in [1.29, 1.82) is 5.41 Å². The molecule has 1 aromatic carbocycles. The Morgan fingerprint density at radius 1 is 1.12 bits per heavy atom. The maximum atomic E-state index is 11.9. The van der Waals surface area contributed by atoms with Gasteiger partial charge in [-0.05, 0) is 32.6 Å². The SMILES string of the molecule is CC.CCC(C)CC(=O)NCCCCNc1nc2cc(OC)c(OC)cc2n(C(C)C)c1=N.[HH].[HH]. The number of nitrogens with one attached hydrogen (secondary N) is 3. The van der Waals surface area contributed by atoms with E-state index >= 15 is 0 Å². The molecular weight excluding hydrogens is 418 g/mol. The van der Waals surface area contributed by atoms with Gasteiger partial charge in [-0.15, -0.1) is 0 Å². The highest BCUT2D eigenvalue weighted by molar-refractivity contribution is 5.81. The van der Waals surface area contributed by atoms with Crippen LogP contribution in [-0.2, 0) is 4.79 Å². The fourth-order valence-electron chi connectivity index (χ4n) is 3.43. The molecule has 1 aromatic heterocycles. The third-order valence-electron chi connectivity index (χ3n) is 5.40. The quantitative estimate of drug-likeness (QED) is 0.366. The van der Waals surface area contributed by atoms with E-state index in [9.17, 15) is 4.79 Å². The van der Waals surface area contributed by atoms with Gasteiger partial charge in [-0.25, -0.2) is 4.98 Å². The number of hydrogen-bond acceptors (Lipinski definition) is 6. The number of aromatic nitrogens is 2. The van der Waals surface area contributed by atoms with E-state index in [1.165, 1.54) is 0 Å². The van der Waals surface area contributed by atoms with E-state index in [1.54, 1.807) is 14.2 Å². The minimum absolute atomic E-state index is 0. The van der Waals surface area contributed by atoms with E-state index in [0.29, 0.717) is 48.2 Å². The fraction of sp³-hybridized carbons (Fsp3) is 0.640. The Morgan fingerprint density at radius 3 is 2.30 bits per heavy atom. The molecule has 0 aliphatic heterocycles. The Labute approximate surface area is 201 Å². The van der Waals surface area contributed by atoms with Gasteiger partial charge in [0, 0.05) is 40.5 Å². The summed E-state index contributed by atoms with van der Waals surface area (Å²) in [6.07, 6.45) is 3.34. The Kier molecular flexibility index (Phi) is 12.3. The van der Waals surface area contributed by atoms with E-state index in [4.69, 9.17) is 14.9 Å². The second-order valence-corrected chi connectivity index (χ2v) is 8.17. The van der Waals surface area contributed by atoms with E-state index in [-0.39, 0.29) is 14.8 Å². The van der Waals surface area contributed by atoms with Crippen LogP contribution in [0.5, 0.6) is 11.5 Å². The largest absolute Gasteiger partial charge is 0.493 e. The third kappa shape index (κ3) is 7.94. The van der Waals surface area contributed by atoms with Gasteiger partial charge in [0.25, 0.3) is 0 Å². The summed E-state index contributed by atoms with van der Waals surface area (Å²) >= 11 is 0. The van der Waals surface area contributed by atoms with Crippen LogP contribution in [-0.4, -0.2) is 42.8 Å². The summed E-state index contributed by atoms with van der Waals surface area (Å²) in [5.74, 6) is 2.29. The number of hydrogen-bond donors (Lipinski definition) is 3. The van der Waals surface area contributed by atoms with Gasteiger partial charge in [0.15, 0.2) is 22.8 Å². The van der Waals surface area contributed by atoms with Crippen molar-refractivity contribution in [3.05, 3.63) is 17.6 Å². The minimum Gasteiger partial charge on any atom is -0.493 e. The monoisotopic (exact) mass is 465 g/mol. The Hall–Kier alpha value is -2.77. The predicted molar refractivity (Wildman–Crippen MR) is 139 cm³/mol. The molecule has 0 fully saturated rings.